The van der Waals surface area contributed by atoms with Gasteiger partial charge in [0.1, 0.15) is 0 Å². The average Bonchev–Trinajstić information content (AvgIpc) is 2.57. The fourth-order valence-electron chi connectivity index (χ4n) is 2.29. The molecule has 1 heterocycles. The van der Waals surface area contributed by atoms with E-state index in [1.54, 1.807) is 6.07 Å². The highest BCUT2D eigenvalue weighted by Crippen LogP contribution is 2.19. The monoisotopic (exact) mass is 279 g/mol. The van der Waals surface area contributed by atoms with E-state index in [-0.39, 0.29) is 5.43 Å². The van der Waals surface area contributed by atoms with Gasteiger partial charge in [-0.05, 0) is 29.7 Å². The van der Waals surface area contributed by atoms with Gasteiger partial charge < -0.3 is 4.98 Å². The fourth-order valence-corrected chi connectivity index (χ4v) is 2.29. The van der Waals surface area contributed by atoms with Crippen molar-refractivity contribution in [2.45, 2.75) is 27.2 Å². The van der Waals surface area contributed by atoms with E-state index in [0.717, 1.165) is 28.6 Å². The van der Waals surface area contributed by atoms with Crippen LogP contribution in [-0.2, 0) is 6.42 Å². The maximum absolute atomic E-state index is 12.2. The molecule has 1 N–H and O–H groups in total. The highest BCUT2D eigenvalue weighted by molar-refractivity contribution is 5.82. The van der Waals surface area contributed by atoms with Crippen LogP contribution in [0.15, 0.2) is 59.4 Å². The van der Waals surface area contributed by atoms with E-state index in [0.29, 0.717) is 0 Å². The molecule has 108 valence electrons. The number of nitrogens with one attached hydrogen (secondary N) is 1. The number of H-pyrrole nitrogens is 1. The predicted molar refractivity (Wildman–Crippen MR) is 90.7 cm³/mol. The highest BCUT2D eigenvalue weighted by atomic mass is 16.1. The average molecular weight is 279 g/mol. The first-order valence-corrected chi connectivity index (χ1v) is 7.49. The molecule has 2 aromatic carbocycles. The van der Waals surface area contributed by atoms with E-state index in [9.17, 15) is 4.79 Å². The van der Waals surface area contributed by atoms with E-state index >= 15 is 0 Å². The van der Waals surface area contributed by atoms with Crippen LogP contribution in [-0.4, -0.2) is 4.98 Å². The zero-order chi connectivity index (χ0) is 15.2. The highest BCUT2D eigenvalue weighted by Gasteiger charge is 2.04. The Bertz CT molecular complexity index is 772. The van der Waals surface area contributed by atoms with Gasteiger partial charge in [-0.25, -0.2) is 0 Å². The predicted octanol–water partition coefficient (Wildman–Crippen LogP) is 4.78. The Labute approximate surface area is 125 Å². The molecule has 3 aromatic rings. The van der Waals surface area contributed by atoms with Gasteiger partial charge in [0.25, 0.3) is 0 Å². The zero-order valence-corrected chi connectivity index (χ0v) is 12.8. The van der Waals surface area contributed by atoms with Crippen molar-refractivity contribution in [3.05, 3.63) is 70.4 Å². The van der Waals surface area contributed by atoms with Crippen molar-refractivity contribution in [1.82, 2.24) is 4.98 Å². The van der Waals surface area contributed by atoms with Gasteiger partial charge in [-0.15, -0.1) is 0 Å². The van der Waals surface area contributed by atoms with Gasteiger partial charge in [0, 0.05) is 22.7 Å². The second kappa shape index (κ2) is 6.89. The number of fused-ring (bicyclic) bond motifs is 1. The summed E-state index contributed by atoms with van der Waals surface area (Å²) in [4.78, 5) is 15.5. The Morgan fingerprint density at radius 3 is 2.33 bits per heavy atom. The lowest BCUT2D eigenvalue weighted by Gasteiger charge is -2.06. The first kappa shape index (κ1) is 15.0. The van der Waals surface area contributed by atoms with Gasteiger partial charge in [-0.3, -0.25) is 4.79 Å². The summed E-state index contributed by atoms with van der Waals surface area (Å²) in [7, 11) is 0. The van der Waals surface area contributed by atoms with E-state index < -0.39 is 0 Å². The molecule has 0 aliphatic carbocycles. The third-order valence-electron chi connectivity index (χ3n) is 3.39. The third-order valence-corrected chi connectivity index (χ3v) is 3.39. The summed E-state index contributed by atoms with van der Waals surface area (Å²) in [6.45, 7) is 6.11. The van der Waals surface area contributed by atoms with E-state index in [1.807, 2.05) is 56.3 Å². The number of benzene rings is 2. The molecule has 0 saturated carbocycles. The first-order chi connectivity index (χ1) is 10.3. The third kappa shape index (κ3) is 3.22. The Balaban J connectivity index is 0.000000774. The largest absolute Gasteiger partial charge is 0.354 e. The standard InChI is InChI=1S/C17H15NO.C2H6/c1-2-12-8-9-14-16(10-12)18-15(11-17(14)19)13-6-4-3-5-7-13;1-2/h3-11H,2H2,1H3,(H,18,19);1-2H3. The molecule has 0 bridgehead atoms. The van der Waals surface area contributed by atoms with Gasteiger partial charge >= 0.3 is 0 Å². The second-order valence-electron chi connectivity index (χ2n) is 4.65. The van der Waals surface area contributed by atoms with Crippen LogP contribution in [0.2, 0.25) is 0 Å². The number of hydrogen-bond acceptors (Lipinski definition) is 1. The fraction of sp³-hybridized carbons (Fsp3) is 0.211. The molecule has 0 unspecified atom stereocenters. The topological polar surface area (TPSA) is 32.9 Å². The normalized spacial score (nSPS) is 10.0. The molecule has 0 aliphatic heterocycles. The van der Waals surface area contributed by atoms with Crippen LogP contribution in [0.1, 0.15) is 26.3 Å². The van der Waals surface area contributed by atoms with Gasteiger partial charge in [-0.2, -0.15) is 0 Å². The molecule has 1 aromatic heterocycles. The minimum Gasteiger partial charge on any atom is -0.354 e. The van der Waals surface area contributed by atoms with Crippen LogP contribution in [0, 0.1) is 0 Å². The summed E-state index contributed by atoms with van der Waals surface area (Å²) in [5.41, 5.74) is 4.10. The van der Waals surface area contributed by atoms with Crippen LogP contribution in [0.3, 0.4) is 0 Å². The van der Waals surface area contributed by atoms with Crippen molar-refractivity contribution in [1.29, 1.82) is 0 Å². The van der Waals surface area contributed by atoms with E-state index in [2.05, 4.69) is 18.0 Å². The summed E-state index contributed by atoms with van der Waals surface area (Å²) in [5.74, 6) is 0. The summed E-state index contributed by atoms with van der Waals surface area (Å²) in [6, 6.07) is 17.6. The smallest absolute Gasteiger partial charge is 0.190 e. The SMILES string of the molecule is CC.CCc1ccc2c(=O)cc(-c3ccccc3)[nH]c2c1. The number of aryl methyl sites for hydroxylation is 1. The Morgan fingerprint density at radius 1 is 0.952 bits per heavy atom. The molecule has 0 saturated heterocycles. The number of hydrogen-bond donors (Lipinski definition) is 1. The van der Waals surface area contributed by atoms with Crippen LogP contribution in [0.4, 0.5) is 0 Å². The molecule has 0 spiro atoms. The van der Waals surface area contributed by atoms with Gasteiger partial charge in [0.05, 0.1) is 0 Å². The zero-order valence-electron chi connectivity index (χ0n) is 12.8. The quantitative estimate of drug-likeness (QED) is 0.719. The molecule has 2 nitrogen and oxygen atoms in total. The summed E-state index contributed by atoms with van der Waals surface area (Å²) < 4.78 is 0. The van der Waals surface area contributed by atoms with Crippen LogP contribution in [0.5, 0.6) is 0 Å². The Kier molecular flexibility index (Phi) is 4.94. The van der Waals surface area contributed by atoms with Crippen molar-refractivity contribution in [2.75, 3.05) is 0 Å². The van der Waals surface area contributed by atoms with Gasteiger partial charge in [0.2, 0.25) is 0 Å². The lowest BCUT2D eigenvalue weighted by molar-refractivity contribution is 1.14. The molecule has 0 fully saturated rings. The maximum Gasteiger partial charge on any atom is 0.190 e. The Morgan fingerprint density at radius 2 is 1.67 bits per heavy atom. The van der Waals surface area contributed by atoms with Crippen molar-refractivity contribution in [3.8, 4) is 11.3 Å². The van der Waals surface area contributed by atoms with Crippen LogP contribution < -0.4 is 5.43 Å². The van der Waals surface area contributed by atoms with Gasteiger partial charge in [-0.1, -0.05) is 57.2 Å². The lowest BCUT2D eigenvalue weighted by Crippen LogP contribution is -2.03. The second-order valence-corrected chi connectivity index (χ2v) is 4.65. The molecule has 0 aliphatic rings. The minimum absolute atomic E-state index is 0.0651. The van der Waals surface area contributed by atoms with E-state index in [4.69, 9.17) is 0 Å². The molecule has 0 amide bonds. The number of pyridine rings is 1. The first-order valence-electron chi connectivity index (χ1n) is 7.49. The van der Waals surface area contributed by atoms with Crippen molar-refractivity contribution in [2.24, 2.45) is 0 Å². The summed E-state index contributed by atoms with van der Waals surface area (Å²) in [6.07, 6.45) is 0.966. The molecule has 0 atom stereocenters. The van der Waals surface area contributed by atoms with Crippen LogP contribution in [0.25, 0.3) is 22.2 Å². The number of aromatic nitrogens is 1. The molecule has 2 heteroatoms. The molecular weight excluding hydrogens is 258 g/mol. The van der Waals surface area contributed by atoms with Crippen molar-refractivity contribution in [3.63, 3.8) is 0 Å². The number of rotatable bonds is 2. The van der Waals surface area contributed by atoms with Crippen LogP contribution >= 0.6 is 0 Å². The van der Waals surface area contributed by atoms with Crippen molar-refractivity contribution < 1.29 is 0 Å². The molecule has 21 heavy (non-hydrogen) atoms. The minimum atomic E-state index is 0.0651. The maximum atomic E-state index is 12.2. The summed E-state index contributed by atoms with van der Waals surface area (Å²) in [5, 5.41) is 0.747. The van der Waals surface area contributed by atoms with Gasteiger partial charge in [0.15, 0.2) is 5.43 Å². The molecule has 3 rings (SSSR count). The summed E-state index contributed by atoms with van der Waals surface area (Å²) >= 11 is 0. The lowest BCUT2D eigenvalue weighted by atomic mass is 10.1. The molecular formula is C19H21NO. The van der Waals surface area contributed by atoms with Crippen molar-refractivity contribution >= 4 is 10.9 Å². The number of aromatic amines is 1. The Hall–Kier alpha value is -2.35. The molecule has 0 radical (unpaired) electrons. The van der Waals surface area contributed by atoms with E-state index in [1.165, 1.54) is 5.56 Å².